The molecule has 16 heavy (non-hydrogen) atoms. The van der Waals surface area contributed by atoms with Gasteiger partial charge in [0.2, 0.25) is 5.91 Å². The lowest BCUT2D eigenvalue weighted by Crippen LogP contribution is -2.53. The number of amides is 1. The molecule has 1 amide bonds. The fourth-order valence-corrected chi connectivity index (χ4v) is 1.75. The number of morpholine rings is 1. The molecule has 0 aromatic rings. The number of likely N-dealkylation sites (N-methyl/N-ethyl adjacent to an activating group) is 1. The summed E-state index contributed by atoms with van der Waals surface area (Å²) in [5.74, 6) is -0.875. The Balaban J connectivity index is 2.40. The van der Waals surface area contributed by atoms with Crippen LogP contribution in [0.25, 0.3) is 0 Å². The molecule has 0 aromatic heterocycles. The molecule has 0 aliphatic carbocycles. The minimum atomic E-state index is -0.801. The number of nitrogens with zero attached hydrogens (tertiary/aromatic N) is 1. The number of carboxylic acids is 1. The molecule has 0 bridgehead atoms. The smallest absolute Gasteiger partial charge is 0.303 e. The molecular weight excluding hydrogens is 212 g/mol. The number of ether oxygens (including phenoxy) is 1. The lowest BCUT2D eigenvalue weighted by molar-refractivity contribution is -0.137. The van der Waals surface area contributed by atoms with Gasteiger partial charge in [0.05, 0.1) is 13.2 Å². The summed E-state index contributed by atoms with van der Waals surface area (Å²) in [7, 11) is 1.59. The number of hydrogen-bond acceptors (Lipinski definition) is 4. The van der Waals surface area contributed by atoms with E-state index in [-0.39, 0.29) is 18.4 Å². The Labute approximate surface area is 94.6 Å². The molecule has 6 nitrogen and oxygen atoms in total. The summed E-state index contributed by atoms with van der Waals surface area (Å²) in [6.45, 7) is 2.28. The molecule has 1 fully saturated rings. The first-order valence-corrected chi connectivity index (χ1v) is 5.40. The number of carboxylic acid groups (broad SMARTS) is 1. The largest absolute Gasteiger partial charge is 0.481 e. The Bertz CT molecular complexity index is 257. The summed E-state index contributed by atoms with van der Waals surface area (Å²) in [4.78, 5) is 23.9. The normalized spacial score (nSPS) is 21.7. The Hall–Kier alpha value is -1.14. The first-order valence-electron chi connectivity index (χ1n) is 5.40. The van der Waals surface area contributed by atoms with Gasteiger partial charge in [0, 0.05) is 20.0 Å². The lowest BCUT2D eigenvalue weighted by atomic mass is 10.2. The zero-order valence-corrected chi connectivity index (χ0v) is 9.44. The molecule has 0 aromatic carbocycles. The predicted octanol–water partition coefficient (Wildman–Crippen LogP) is -0.702. The molecule has 2 N–H and O–H groups in total. The van der Waals surface area contributed by atoms with E-state index >= 15 is 0 Å². The number of rotatable bonds is 5. The van der Waals surface area contributed by atoms with Crippen LogP contribution in [-0.2, 0) is 14.3 Å². The highest BCUT2D eigenvalue weighted by atomic mass is 16.5. The fraction of sp³-hybridized carbons (Fsp3) is 0.800. The molecule has 92 valence electrons. The van der Waals surface area contributed by atoms with Crippen LogP contribution >= 0.6 is 0 Å². The average Bonchev–Trinajstić information content (AvgIpc) is 2.28. The highest BCUT2D eigenvalue weighted by molar-refractivity contribution is 5.81. The zero-order chi connectivity index (χ0) is 12.0. The van der Waals surface area contributed by atoms with Crippen molar-refractivity contribution in [3.8, 4) is 0 Å². The van der Waals surface area contributed by atoms with Crippen molar-refractivity contribution in [3.05, 3.63) is 0 Å². The van der Waals surface area contributed by atoms with E-state index in [2.05, 4.69) is 5.32 Å². The van der Waals surface area contributed by atoms with Crippen molar-refractivity contribution in [1.29, 1.82) is 0 Å². The van der Waals surface area contributed by atoms with E-state index in [1.807, 2.05) is 4.90 Å². The van der Waals surface area contributed by atoms with Gasteiger partial charge in [0.25, 0.3) is 0 Å². The maximum absolute atomic E-state index is 11.5. The third kappa shape index (κ3) is 3.79. The molecule has 1 saturated heterocycles. The first kappa shape index (κ1) is 12.9. The minimum Gasteiger partial charge on any atom is -0.481 e. The quantitative estimate of drug-likeness (QED) is 0.653. The molecule has 6 heteroatoms. The molecule has 1 atom stereocenters. The highest BCUT2D eigenvalue weighted by Gasteiger charge is 2.28. The summed E-state index contributed by atoms with van der Waals surface area (Å²) in [5, 5.41) is 11.1. The second-order valence-corrected chi connectivity index (χ2v) is 3.74. The van der Waals surface area contributed by atoms with E-state index < -0.39 is 5.97 Å². The molecule has 1 rings (SSSR count). The summed E-state index contributed by atoms with van der Waals surface area (Å²) >= 11 is 0. The SMILES string of the molecule is CNC(=O)C1COCCN1CCCC(=O)O. The van der Waals surface area contributed by atoms with E-state index in [1.54, 1.807) is 7.05 Å². The second kappa shape index (κ2) is 6.44. The van der Waals surface area contributed by atoms with Gasteiger partial charge in [-0.2, -0.15) is 0 Å². The van der Waals surface area contributed by atoms with Gasteiger partial charge in [-0.3, -0.25) is 14.5 Å². The van der Waals surface area contributed by atoms with E-state index in [1.165, 1.54) is 0 Å². The van der Waals surface area contributed by atoms with Crippen molar-refractivity contribution in [1.82, 2.24) is 10.2 Å². The Morgan fingerprint density at radius 2 is 2.31 bits per heavy atom. The van der Waals surface area contributed by atoms with E-state index in [9.17, 15) is 9.59 Å². The van der Waals surface area contributed by atoms with Crippen molar-refractivity contribution in [2.45, 2.75) is 18.9 Å². The van der Waals surface area contributed by atoms with Crippen molar-refractivity contribution >= 4 is 11.9 Å². The third-order valence-electron chi connectivity index (χ3n) is 2.62. The van der Waals surface area contributed by atoms with Gasteiger partial charge in [0.1, 0.15) is 6.04 Å². The first-order chi connectivity index (χ1) is 7.65. The van der Waals surface area contributed by atoms with Gasteiger partial charge in [-0.25, -0.2) is 0 Å². The van der Waals surface area contributed by atoms with Crippen molar-refractivity contribution in [3.63, 3.8) is 0 Å². The molecule has 1 aliphatic heterocycles. The Kier molecular flexibility index (Phi) is 5.21. The van der Waals surface area contributed by atoms with Crippen LogP contribution in [-0.4, -0.2) is 61.3 Å². The fourth-order valence-electron chi connectivity index (χ4n) is 1.75. The maximum atomic E-state index is 11.5. The van der Waals surface area contributed by atoms with Gasteiger partial charge in [-0.1, -0.05) is 0 Å². The maximum Gasteiger partial charge on any atom is 0.303 e. The highest BCUT2D eigenvalue weighted by Crippen LogP contribution is 2.08. The molecule has 0 spiro atoms. The van der Waals surface area contributed by atoms with Crippen LogP contribution in [0.2, 0.25) is 0 Å². The van der Waals surface area contributed by atoms with Gasteiger partial charge < -0.3 is 15.2 Å². The number of aliphatic carboxylic acids is 1. The van der Waals surface area contributed by atoms with Crippen LogP contribution in [0, 0.1) is 0 Å². The van der Waals surface area contributed by atoms with Crippen LogP contribution in [0.1, 0.15) is 12.8 Å². The van der Waals surface area contributed by atoms with Crippen molar-refractivity contribution in [2.24, 2.45) is 0 Å². The van der Waals surface area contributed by atoms with Crippen LogP contribution in [0.4, 0.5) is 0 Å². The number of hydrogen-bond donors (Lipinski definition) is 2. The molecule has 0 saturated carbocycles. The summed E-state index contributed by atoms with van der Waals surface area (Å²) in [5.41, 5.74) is 0. The van der Waals surface area contributed by atoms with E-state index in [0.29, 0.717) is 32.7 Å². The lowest BCUT2D eigenvalue weighted by Gasteiger charge is -2.34. The molecule has 1 heterocycles. The van der Waals surface area contributed by atoms with Crippen LogP contribution < -0.4 is 5.32 Å². The van der Waals surface area contributed by atoms with E-state index in [0.717, 1.165) is 0 Å². The third-order valence-corrected chi connectivity index (χ3v) is 2.62. The Morgan fingerprint density at radius 3 is 2.94 bits per heavy atom. The van der Waals surface area contributed by atoms with Crippen LogP contribution in [0.15, 0.2) is 0 Å². The molecule has 1 unspecified atom stereocenters. The van der Waals surface area contributed by atoms with Gasteiger partial charge in [-0.05, 0) is 13.0 Å². The van der Waals surface area contributed by atoms with Gasteiger partial charge in [-0.15, -0.1) is 0 Å². The number of carbonyl (C=O) groups is 2. The summed E-state index contributed by atoms with van der Waals surface area (Å²) in [6.07, 6.45) is 0.695. The predicted molar refractivity (Wildman–Crippen MR) is 57.1 cm³/mol. The van der Waals surface area contributed by atoms with Crippen LogP contribution in [0.5, 0.6) is 0 Å². The average molecular weight is 230 g/mol. The van der Waals surface area contributed by atoms with Crippen molar-refractivity contribution in [2.75, 3.05) is 33.4 Å². The van der Waals surface area contributed by atoms with Crippen molar-refractivity contribution < 1.29 is 19.4 Å². The van der Waals surface area contributed by atoms with E-state index in [4.69, 9.17) is 9.84 Å². The minimum absolute atomic E-state index is 0.0741. The number of carbonyl (C=O) groups excluding carboxylic acids is 1. The van der Waals surface area contributed by atoms with Crippen LogP contribution in [0.3, 0.4) is 0 Å². The number of nitrogens with one attached hydrogen (secondary N) is 1. The van der Waals surface area contributed by atoms with Gasteiger partial charge >= 0.3 is 5.97 Å². The summed E-state index contributed by atoms with van der Waals surface area (Å²) in [6, 6.07) is -0.285. The standard InChI is InChI=1S/C10H18N2O4/c1-11-10(15)8-7-16-6-5-12(8)4-2-3-9(13)14/h8H,2-7H2,1H3,(H,11,15)(H,13,14). The zero-order valence-electron chi connectivity index (χ0n) is 9.44. The topological polar surface area (TPSA) is 78.9 Å². The Morgan fingerprint density at radius 1 is 1.56 bits per heavy atom. The monoisotopic (exact) mass is 230 g/mol. The molecule has 0 radical (unpaired) electrons. The molecular formula is C10H18N2O4. The second-order valence-electron chi connectivity index (χ2n) is 3.74. The van der Waals surface area contributed by atoms with Gasteiger partial charge in [0.15, 0.2) is 0 Å². The summed E-state index contributed by atoms with van der Waals surface area (Å²) < 4.78 is 5.24. The molecule has 1 aliphatic rings.